The average molecular weight is 707 g/mol. The van der Waals surface area contributed by atoms with Gasteiger partial charge in [-0.2, -0.15) is 13.2 Å². The van der Waals surface area contributed by atoms with E-state index < -0.39 is 53.4 Å². The number of nitrogen functional groups attached to an aromatic ring is 1. The molecule has 3 atom stereocenters. The van der Waals surface area contributed by atoms with E-state index in [1.54, 1.807) is 0 Å². The molecule has 248 valence electrons. The minimum absolute atomic E-state index is 0.0347. The zero-order chi connectivity index (χ0) is 34.3. The van der Waals surface area contributed by atoms with Crippen molar-refractivity contribution >= 4 is 75.4 Å². The van der Waals surface area contributed by atoms with Crippen LogP contribution in [0.1, 0.15) is 19.5 Å². The highest BCUT2D eigenvalue weighted by atomic mass is 32.2. The summed E-state index contributed by atoms with van der Waals surface area (Å²) >= 11 is 3.79. The van der Waals surface area contributed by atoms with Gasteiger partial charge in [-0.05, 0) is 19.4 Å². The Hall–Kier alpha value is -4.37. The number of rotatable bonds is 11. The number of pyridine rings is 1. The second-order valence-electron chi connectivity index (χ2n) is 9.15. The molecule has 46 heavy (non-hydrogen) atoms. The van der Waals surface area contributed by atoms with Gasteiger partial charge in [0.2, 0.25) is 6.10 Å². The number of oxime groups is 1. The first kappa shape index (κ1) is 36.1. The third-order valence-corrected chi connectivity index (χ3v) is 9.15. The molecule has 0 bridgehead atoms. The number of anilines is 1. The molecule has 0 aliphatic carbocycles. The lowest BCUT2D eigenvalue weighted by Gasteiger charge is -2.50. The summed E-state index contributed by atoms with van der Waals surface area (Å²) in [6.07, 6.45) is -2.58. The van der Waals surface area contributed by atoms with Crippen molar-refractivity contribution in [1.82, 2.24) is 15.2 Å². The summed E-state index contributed by atoms with van der Waals surface area (Å²) in [7, 11) is 0. The van der Waals surface area contributed by atoms with Crippen LogP contribution in [0, 0.1) is 0 Å². The van der Waals surface area contributed by atoms with Crippen molar-refractivity contribution < 1.29 is 61.9 Å². The molecule has 2 aromatic rings. The van der Waals surface area contributed by atoms with Crippen molar-refractivity contribution in [2.75, 3.05) is 17.2 Å². The number of carbonyl (C=O) groups excluding carboxylic acids is 3. The highest BCUT2D eigenvalue weighted by Crippen LogP contribution is 2.41. The van der Waals surface area contributed by atoms with E-state index in [0.29, 0.717) is 17.1 Å². The van der Waals surface area contributed by atoms with Gasteiger partial charge in [0.15, 0.2) is 23.2 Å². The number of thiazole rings is 1. The summed E-state index contributed by atoms with van der Waals surface area (Å²) in [5.41, 5.74) is 5.67. The van der Waals surface area contributed by atoms with Gasteiger partial charge in [-0.25, -0.2) is 19.1 Å². The van der Waals surface area contributed by atoms with Gasteiger partial charge in [-0.1, -0.05) is 5.16 Å². The van der Waals surface area contributed by atoms with Gasteiger partial charge < -0.3 is 36.0 Å². The Morgan fingerprint density at radius 2 is 1.93 bits per heavy atom. The molecular formula is C25H25F3N6O9S3. The molecule has 0 spiro atoms. The summed E-state index contributed by atoms with van der Waals surface area (Å²) in [4.78, 5) is 69.1. The Morgan fingerprint density at radius 3 is 2.43 bits per heavy atom. The molecule has 15 nitrogen and oxygen atoms in total. The van der Waals surface area contributed by atoms with E-state index >= 15 is 0 Å². The fourth-order valence-electron chi connectivity index (χ4n) is 3.69. The predicted octanol–water partition coefficient (Wildman–Crippen LogP) is 0.0560. The SMILES string of the molecule is CC[n+]1ccc(SCC2=C(C(=O)[O-])N3C(=O)[C@@H](NC(=O)/C(=N\O[C@@H](C)C(=O)O)c4csc(N)n4)[C@H]3SC2)cc1.O=C(O)C(F)(F)F. The minimum Gasteiger partial charge on any atom is -0.543 e. The van der Waals surface area contributed by atoms with Gasteiger partial charge in [0.25, 0.3) is 11.8 Å². The van der Waals surface area contributed by atoms with E-state index in [4.69, 9.17) is 25.6 Å². The smallest absolute Gasteiger partial charge is 0.490 e. The van der Waals surface area contributed by atoms with Gasteiger partial charge in [0.1, 0.15) is 23.7 Å². The quantitative estimate of drug-likeness (QED) is 0.0798. The van der Waals surface area contributed by atoms with E-state index in [2.05, 4.69) is 15.5 Å². The third kappa shape index (κ3) is 8.88. The highest BCUT2D eigenvalue weighted by molar-refractivity contribution is 8.01. The zero-order valence-electron chi connectivity index (χ0n) is 23.7. The van der Waals surface area contributed by atoms with Gasteiger partial charge in [0, 0.05) is 33.9 Å². The minimum atomic E-state index is -5.08. The fraction of sp³-hybridized carbons (Fsp3) is 0.360. The predicted molar refractivity (Wildman–Crippen MR) is 155 cm³/mol. The Bertz CT molecular complexity index is 1570. The molecule has 4 heterocycles. The van der Waals surface area contributed by atoms with E-state index in [9.17, 15) is 37.5 Å². The lowest BCUT2D eigenvalue weighted by Crippen LogP contribution is -2.71. The number of nitrogens with one attached hydrogen (secondary N) is 1. The number of hydrogen-bond donors (Lipinski definition) is 4. The molecule has 0 aromatic carbocycles. The Balaban J connectivity index is 0.000000738. The second-order valence-corrected chi connectivity index (χ2v) is 12.2. The molecule has 1 fully saturated rings. The Morgan fingerprint density at radius 1 is 1.30 bits per heavy atom. The number of nitrogens with two attached hydrogens (primary N) is 1. The Labute approximate surface area is 270 Å². The largest absolute Gasteiger partial charge is 0.543 e. The maximum atomic E-state index is 13.1. The first-order valence-corrected chi connectivity index (χ1v) is 15.7. The van der Waals surface area contributed by atoms with Crippen LogP contribution < -0.4 is 20.7 Å². The van der Waals surface area contributed by atoms with E-state index in [1.165, 1.54) is 35.8 Å². The van der Waals surface area contributed by atoms with Crippen LogP contribution in [-0.4, -0.2) is 90.7 Å². The van der Waals surface area contributed by atoms with E-state index in [-0.39, 0.29) is 22.2 Å². The van der Waals surface area contributed by atoms with Crippen molar-refractivity contribution in [3.05, 3.63) is 46.9 Å². The van der Waals surface area contributed by atoms with Gasteiger partial charge in [-0.3, -0.25) is 14.5 Å². The number of halogens is 3. The zero-order valence-corrected chi connectivity index (χ0v) is 26.2. The summed E-state index contributed by atoms with van der Waals surface area (Å²) in [6, 6.07) is 2.81. The summed E-state index contributed by atoms with van der Waals surface area (Å²) < 4.78 is 33.7. The molecule has 2 aliphatic rings. The normalized spacial score (nSPS) is 18.4. The lowest BCUT2D eigenvalue weighted by molar-refractivity contribution is -0.693. The monoisotopic (exact) mass is 706 g/mol. The molecular weight excluding hydrogens is 682 g/mol. The fourth-order valence-corrected chi connectivity index (χ4v) is 6.61. The molecule has 2 aromatic heterocycles. The molecule has 1 saturated heterocycles. The van der Waals surface area contributed by atoms with Crippen molar-refractivity contribution in [3.8, 4) is 0 Å². The number of carbonyl (C=O) groups is 5. The maximum absolute atomic E-state index is 13.1. The number of nitrogens with zero attached hydrogens (tertiary/aromatic N) is 4. The van der Waals surface area contributed by atoms with Crippen molar-refractivity contribution in [2.24, 2.45) is 5.16 Å². The lowest BCUT2D eigenvalue weighted by atomic mass is 10.0. The third-order valence-electron chi connectivity index (χ3n) is 6.04. The van der Waals surface area contributed by atoms with Crippen LogP contribution in [0.25, 0.3) is 0 Å². The number of amides is 2. The van der Waals surface area contributed by atoms with E-state index in [0.717, 1.165) is 27.7 Å². The number of β-lactam (4-membered cyclic amide) rings is 1. The molecule has 0 unspecified atom stereocenters. The van der Waals surface area contributed by atoms with Crippen LogP contribution >= 0.6 is 34.9 Å². The molecule has 0 radical (unpaired) electrons. The van der Waals surface area contributed by atoms with Gasteiger partial charge in [-0.15, -0.1) is 34.9 Å². The van der Waals surface area contributed by atoms with E-state index in [1.807, 2.05) is 36.0 Å². The number of carboxylic acid groups (broad SMARTS) is 3. The first-order chi connectivity index (χ1) is 21.5. The molecule has 5 N–H and O–H groups in total. The summed E-state index contributed by atoms with van der Waals surface area (Å²) in [6.45, 7) is 4.08. The number of alkyl halides is 3. The maximum Gasteiger partial charge on any atom is 0.490 e. The second kappa shape index (κ2) is 15.3. The van der Waals surface area contributed by atoms with Crippen LogP contribution in [0.3, 0.4) is 0 Å². The van der Waals surface area contributed by atoms with Crippen molar-refractivity contribution in [3.63, 3.8) is 0 Å². The molecule has 21 heteroatoms. The standard InChI is InChI=1S/C23H24N6O7S3.C2HF3O2/c1-3-28-6-4-13(5-7-28)37-8-12-9-38-20-16(19(31)29(20)17(12)22(34)35)26-18(30)15(14-10-39-23(24)25-14)27-36-11(2)21(32)33;3-2(4,5)1(6)7/h4-7,10-11,16,20H,3,8-9H2,1-2H3,(H4-,24,25,26,30,32,33,34,35);(H,6,7)/b27-15-;/t11-,16+,20+;/m0./s1. The molecule has 0 saturated carbocycles. The van der Waals surface area contributed by atoms with Gasteiger partial charge in [0.05, 0.1) is 11.7 Å². The number of hydrogen-bond acceptors (Lipinski definition) is 13. The number of carboxylic acids is 3. The number of thioether (sulfide) groups is 2. The summed E-state index contributed by atoms with van der Waals surface area (Å²) in [5.74, 6) is -6.34. The van der Waals surface area contributed by atoms with Crippen molar-refractivity contribution in [1.29, 1.82) is 0 Å². The number of aryl methyl sites for hydroxylation is 1. The van der Waals surface area contributed by atoms with Crippen LogP contribution in [0.2, 0.25) is 0 Å². The number of aliphatic carboxylic acids is 3. The average Bonchev–Trinajstić information content (AvgIpc) is 3.43. The van der Waals surface area contributed by atoms with Crippen molar-refractivity contribution in [2.45, 2.75) is 49.0 Å². The topological polar surface area (TPSA) is 229 Å². The van der Waals surface area contributed by atoms with Crippen LogP contribution in [0.5, 0.6) is 0 Å². The molecule has 4 rings (SSSR count). The highest BCUT2D eigenvalue weighted by Gasteiger charge is 2.53. The van der Waals surface area contributed by atoms with Gasteiger partial charge >= 0.3 is 18.1 Å². The number of fused-ring (bicyclic) bond motifs is 1. The molecule has 2 aliphatic heterocycles. The first-order valence-electron chi connectivity index (χ1n) is 12.8. The Kier molecular flexibility index (Phi) is 12.0. The number of aromatic nitrogens is 2. The van der Waals surface area contributed by atoms with Crippen LogP contribution in [-0.2, 0) is 35.4 Å². The molecule has 2 amide bonds. The summed E-state index contributed by atoms with van der Waals surface area (Å²) in [5, 5.41) is 35.3. The van der Waals surface area contributed by atoms with Crippen LogP contribution in [0.15, 0.2) is 51.2 Å². The van der Waals surface area contributed by atoms with Crippen LogP contribution in [0.4, 0.5) is 18.3 Å².